The third kappa shape index (κ3) is 4.66. The van der Waals surface area contributed by atoms with Crippen molar-refractivity contribution >= 4 is 11.8 Å². The first-order valence-electron chi connectivity index (χ1n) is 9.10. The summed E-state index contributed by atoms with van der Waals surface area (Å²) < 4.78 is 10.7. The number of carbonyl (C=O) groups excluding carboxylic acids is 2. The van der Waals surface area contributed by atoms with E-state index in [9.17, 15) is 9.59 Å². The van der Waals surface area contributed by atoms with Crippen molar-refractivity contribution in [1.82, 2.24) is 15.5 Å². The first kappa shape index (κ1) is 18.5. The van der Waals surface area contributed by atoms with Crippen LogP contribution in [0.4, 0.5) is 0 Å². The zero-order valence-corrected chi connectivity index (χ0v) is 15.4. The van der Waals surface area contributed by atoms with E-state index < -0.39 is 6.04 Å². The molecule has 7 nitrogen and oxygen atoms in total. The molecule has 1 aliphatic heterocycles. The Hall–Kier alpha value is -2.28. The summed E-state index contributed by atoms with van der Waals surface area (Å²) in [5.41, 5.74) is 0.964. The van der Waals surface area contributed by atoms with E-state index in [1.165, 1.54) is 12.8 Å². The molecule has 1 aromatic carbocycles. The fraction of sp³-hybridized carbons (Fsp3) is 0.579. The summed E-state index contributed by atoms with van der Waals surface area (Å²) >= 11 is 0. The second kappa shape index (κ2) is 8.40. The van der Waals surface area contributed by atoms with Crippen LogP contribution in [-0.4, -0.2) is 56.6 Å². The molecule has 26 heavy (non-hydrogen) atoms. The molecule has 1 saturated heterocycles. The van der Waals surface area contributed by atoms with E-state index >= 15 is 0 Å². The van der Waals surface area contributed by atoms with Crippen LogP contribution < -0.4 is 20.1 Å². The molecule has 2 aliphatic rings. The van der Waals surface area contributed by atoms with Gasteiger partial charge in [0.15, 0.2) is 0 Å². The van der Waals surface area contributed by atoms with Crippen LogP contribution in [0.25, 0.3) is 0 Å². The maximum absolute atomic E-state index is 12.4. The smallest absolute Gasteiger partial charge is 0.237 e. The van der Waals surface area contributed by atoms with Crippen molar-refractivity contribution in [2.24, 2.45) is 5.92 Å². The average Bonchev–Trinajstić information content (AvgIpc) is 3.47. The molecule has 1 saturated carbocycles. The third-order valence-electron chi connectivity index (χ3n) is 4.97. The lowest BCUT2D eigenvalue weighted by molar-refractivity contribution is -0.134. The Kier molecular flexibility index (Phi) is 5.98. The number of carbonyl (C=O) groups is 2. The molecule has 0 radical (unpaired) electrons. The standard InChI is InChI=1S/C19H27N3O4/c1-25-15-6-5-14(17(9-15)26-2)12-22-8-7-20-19(24)16(22)10-18(23)21-11-13-3-4-13/h5-6,9,13,16H,3-4,7-8,10-12H2,1-2H3,(H,20,24)(H,21,23)/t16-/m1/s1. The number of nitrogens with one attached hydrogen (secondary N) is 2. The van der Waals surface area contributed by atoms with E-state index in [-0.39, 0.29) is 18.2 Å². The first-order valence-corrected chi connectivity index (χ1v) is 9.10. The predicted molar refractivity (Wildman–Crippen MR) is 97.1 cm³/mol. The second-order valence-corrected chi connectivity index (χ2v) is 6.91. The van der Waals surface area contributed by atoms with Crippen LogP contribution in [0.15, 0.2) is 18.2 Å². The van der Waals surface area contributed by atoms with Crippen LogP contribution in [0, 0.1) is 5.92 Å². The summed E-state index contributed by atoms with van der Waals surface area (Å²) in [6.07, 6.45) is 2.55. The first-order chi connectivity index (χ1) is 12.6. The van der Waals surface area contributed by atoms with E-state index in [4.69, 9.17) is 9.47 Å². The molecule has 0 spiro atoms. The van der Waals surface area contributed by atoms with Crippen LogP contribution in [-0.2, 0) is 16.1 Å². The Morgan fingerprint density at radius 2 is 2.12 bits per heavy atom. The molecule has 3 rings (SSSR count). The number of amides is 2. The predicted octanol–water partition coefficient (Wildman–Crippen LogP) is 0.921. The monoisotopic (exact) mass is 361 g/mol. The lowest BCUT2D eigenvalue weighted by Crippen LogP contribution is -2.56. The molecule has 142 valence electrons. The van der Waals surface area contributed by atoms with Gasteiger partial charge in [-0.1, -0.05) is 6.07 Å². The molecular weight excluding hydrogens is 334 g/mol. The maximum Gasteiger partial charge on any atom is 0.237 e. The molecule has 1 heterocycles. The molecular formula is C19H27N3O4. The van der Waals surface area contributed by atoms with Gasteiger partial charge < -0.3 is 20.1 Å². The van der Waals surface area contributed by atoms with Gasteiger partial charge in [-0.2, -0.15) is 0 Å². The van der Waals surface area contributed by atoms with Gasteiger partial charge in [0.05, 0.1) is 26.7 Å². The van der Waals surface area contributed by atoms with Crippen molar-refractivity contribution in [3.63, 3.8) is 0 Å². The molecule has 2 N–H and O–H groups in total. The van der Waals surface area contributed by atoms with Gasteiger partial charge in [-0.15, -0.1) is 0 Å². The quantitative estimate of drug-likeness (QED) is 0.720. The lowest BCUT2D eigenvalue weighted by Gasteiger charge is -2.35. The molecule has 0 bridgehead atoms. The van der Waals surface area contributed by atoms with Gasteiger partial charge in [0.25, 0.3) is 0 Å². The minimum Gasteiger partial charge on any atom is -0.497 e. The van der Waals surface area contributed by atoms with E-state index in [1.54, 1.807) is 14.2 Å². The Balaban J connectivity index is 1.67. The maximum atomic E-state index is 12.4. The number of benzene rings is 1. The summed E-state index contributed by atoms with van der Waals surface area (Å²) in [5.74, 6) is 1.90. The summed E-state index contributed by atoms with van der Waals surface area (Å²) in [4.78, 5) is 26.6. The van der Waals surface area contributed by atoms with Crippen LogP contribution >= 0.6 is 0 Å². The van der Waals surface area contributed by atoms with Gasteiger partial charge in [0, 0.05) is 37.8 Å². The van der Waals surface area contributed by atoms with Gasteiger partial charge in [-0.05, 0) is 24.8 Å². The highest BCUT2D eigenvalue weighted by atomic mass is 16.5. The van der Waals surface area contributed by atoms with Gasteiger partial charge in [0.1, 0.15) is 11.5 Å². The Morgan fingerprint density at radius 1 is 1.31 bits per heavy atom. The Labute approximate surface area is 154 Å². The highest BCUT2D eigenvalue weighted by molar-refractivity contribution is 5.88. The second-order valence-electron chi connectivity index (χ2n) is 6.91. The van der Waals surface area contributed by atoms with E-state index in [0.29, 0.717) is 31.3 Å². The van der Waals surface area contributed by atoms with Crippen molar-refractivity contribution in [1.29, 1.82) is 0 Å². The normalized spacial score (nSPS) is 20.4. The summed E-state index contributed by atoms with van der Waals surface area (Å²) in [5, 5.41) is 5.81. The van der Waals surface area contributed by atoms with Crippen molar-refractivity contribution in [3.05, 3.63) is 23.8 Å². The van der Waals surface area contributed by atoms with Gasteiger partial charge in [0.2, 0.25) is 11.8 Å². The zero-order valence-electron chi connectivity index (χ0n) is 15.4. The number of hydrogen-bond acceptors (Lipinski definition) is 5. The van der Waals surface area contributed by atoms with E-state index in [2.05, 4.69) is 10.6 Å². The molecule has 1 atom stereocenters. The third-order valence-corrected chi connectivity index (χ3v) is 4.97. The zero-order chi connectivity index (χ0) is 18.5. The number of nitrogens with zero attached hydrogens (tertiary/aromatic N) is 1. The minimum absolute atomic E-state index is 0.0642. The molecule has 7 heteroatoms. The fourth-order valence-corrected chi connectivity index (χ4v) is 3.20. The largest absolute Gasteiger partial charge is 0.497 e. The fourth-order valence-electron chi connectivity index (χ4n) is 3.20. The molecule has 2 fully saturated rings. The van der Waals surface area contributed by atoms with E-state index in [0.717, 1.165) is 17.9 Å². The van der Waals surface area contributed by atoms with Crippen molar-refractivity contribution in [2.75, 3.05) is 33.9 Å². The number of rotatable bonds is 8. The topological polar surface area (TPSA) is 79.9 Å². The van der Waals surface area contributed by atoms with Gasteiger partial charge in [-0.3, -0.25) is 14.5 Å². The van der Waals surface area contributed by atoms with Crippen molar-refractivity contribution in [2.45, 2.75) is 31.8 Å². The summed E-state index contributed by atoms with van der Waals surface area (Å²) in [6, 6.07) is 5.18. The molecule has 2 amide bonds. The van der Waals surface area contributed by atoms with Gasteiger partial charge >= 0.3 is 0 Å². The minimum atomic E-state index is -0.463. The summed E-state index contributed by atoms with van der Waals surface area (Å²) in [7, 11) is 3.23. The van der Waals surface area contributed by atoms with Crippen LogP contribution in [0.1, 0.15) is 24.8 Å². The van der Waals surface area contributed by atoms with Crippen LogP contribution in [0.2, 0.25) is 0 Å². The Morgan fingerprint density at radius 3 is 2.81 bits per heavy atom. The number of methoxy groups -OCH3 is 2. The van der Waals surface area contributed by atoms with Crippen molar-refractivity contribution in [3.8, 4) is 11.5 Å². The number of piperazine rings is 1. The SMILES string of the molecule is COc1ccc(CN2CCNC(=O)[C@H]2CC(=O)NCC2CC2)c(OC)c1. The Bertz CT molecular complexity index is 660. The van der Waals surface area contributed by atoms with Crippen LogP contribution in [0.3, 0.4) is 0 Å². The number of ether oxygens (including phenoxy) is 2. The van der Waals surface area contributed by atoms with Crippen LogP contribution in [0.5, 0.6) is 11.5 Å². The number of hydrogen-bond donors (Lipinski definition) is 2. The summed E-state index contributed by atoms with van der Waals surface area (Å²) in [6.45, 7) is 2.54. The molecule has 0 aromatic heterocycles. The highest BCUT2D eigenvalue weighted by Gasteiger charge is 2.32. The van der Waals surface area contributed by atoms with Gasteiger partial charge in [-0.25, -0.2) is 0 Å². The molecule has 1 aromatic rings. The van der Waals surface area contributed by atoms with Crippen molar-refractivity contribution < 1.29 is 19.1 Å². The molecule has 1 aliphatic carbocycles. The van der Waals surface area contributed by atoms with E-state index in [1.807, 2.05) is 23.1 Å². The molecule has 0 unspecified atom stereocenters. The average molecular weight is 361 g/mol. The highest BCUT2D eigenvalue weighted by Crippen LogP contribution is 2.28. The lowest BCUT2D eigenvalue weighted by atomic mass is 10.1.